The summed E-state index contributed by atoms with van der Waals surface area (Å²) in [5, 5.41) is 0.392. The maximum atomic E-state index is 12.0. The molecule has 0 radical (unpaired) electrons. The first-order chi connectivity index (χ1) is 9.65. The maximum Gasteiger partial charge on any atom is 0.179 e. The molecule has 1 aliphatic carbocycles. The molecule has 110 valence electrons. The number of methoxy groups -OCH3 is 1. The average molecular weight is 298 g/mol. The molecule has 0 saturated heterocycles. The van der Waals surface area contributed by atoms with E-state index in [0.29, 0.717) is 35.1 Å². The van der Waals surface area contributed by atoms with E-state index in [0.717, 1.165) is 12.8 Å². The summed E-state index contributed by atoms with van der Waals surface area (Å²) >= 11 is 6.18. The SMILES string of the molecule is COc1c(Cl)cc(C(=O)CCN)cc1OC1CCCC1. The van der Waals surface area contributed by atoms with E-state index in [1.165, 1.54) is 12.8 Å². The number of rotatable bonds is 6. The van der Waals surface area contributed by atoms with Crippen molar-refractivity contribution in [3.8, 4) is 11.5 Å². The zero-order valence-corrected chi connectivity index (χ0v) is 12.4. The number of nitrogens with two attached hydrogens (primary N) is 1. The number of carbonyl (C=O) groups excluding carboxylic acids is 1. The lowest BCUT2D eigenvalue weighted by atomic mass is 10.1. The van der Waals surface area contributed by atoms with Gasteiger partial charge in [0.05, 0.1) is 18.2 Å². The Balaban J connectivity index is 2.28. The number of halogens is 1. The predicted octanol–water partition coefficient (Wildman–Crippen LogP) is 3.20. The highest BCUT2D eigenvalue weighted by atomic mass is 35.5. The Bertz CT molecular complexity index is 484. The summed E-state index contributed by atoms with van der Waals surface area (Å²) < 4.78 is 11.2. The van der Waals surface area contributed by atoms with Crippen molar-refractivity contribution >= 4 is 17.4 Å². The van der Waals surface area contributed by atoms with Crippen LogP contribution in [0.2, 0.25) is 5.02 Å². The summed E-state index contributed by atoms with van der Waals surface area (Å²) in [6.45, 7) is 0.321. The van der Waals surface area contributed by atoms with Crippen molar-refractivity contribution in [2.75, 3.05) is 13.7 Å². The monoisotopic (exact) mass is 297 g/mol. The molecule has 20 heavy (non-hydrogen) atoms. The van der Waals surface area contributed by atoms with Gasteiger partial charge in [-0.2, -0.15) is 0 Å². The number of ketones is 1. The Kier molecular flexibility index (Phi) is 5.26. The Hall–Kier alpha value is -1.26. The van der Waals surface area contributed by atoms with Crippen LogP contribution >= 0.6 is 11.6 Å². The molecular formula is C15H20ClNO3. The largest absolute Gasteiger partial charge is 0.491 e. The highest BCUT2D eigenvalue weighted by molar-refractivity contribution is 6.32. The van der Waals surface area contributed by atoms with E-state index in [4.69, 9.17) is 26.8 Å². The van der Waals surface area contributed by atoms with Crippen molar-refractivity contribution in [1.82, 2.24) is 0 Å². The zero-order chi connectivity index (χ0) is 14.5. The van der Waals surface area contributed by atoms with Crippen LogP contribution in [0, 0.1) is 0 Å². The van der Waals surface area contributed by atoms with E-state index in [1.54, 1.807) is 19.2 Å². The summed E-state index contributed by atoms with van der Waals surface area (Å²) in [6.07, 6.45) is 4.88. The third-order valence-corrected chi connectivity index (χ3v) is 3.78. The normalized spacial score (nSPS) is 15.3. The molecule has 1 fully saturated rings. The fourth-order valence-corrected chi connectivity index (χ4v) is 2.76. The lowest BCUT2D eigenvalue weighted by Gasteiger charge is -2.17. The van der Waals surface area contributed by atoms with Gasteiger partial charge in [0.25, 0.3) is 0 Å². The fourth-order valence-electron chi connectivity index (χ4n) is 2.48. The van der Waals surface area contributed by atoms with E-state index in [1.807, 2.05) is 0 Å². The second-order valence-electron chi connectivity index (χ2n) is 4.98. The van der Waals surface area contributed by atoms with Gasteiger partial charge in [-0.15, -0.1) is 0 Å². The van der Waals surface area contributed by atoms with Gasteiger partial charge in [-0.1, -0.05) is 11.6 Å². The third kappa shape index (κ3) is 3.44. The van der Waals surface area contributed by atoms with Gasteiger partial charge in [0.2, 0.25) is 0 Å². The Morgan fingerprint density at radius 2 is 2.10 bits per heavy atom. The molecule has 0 aromatic heterocycles. The van der Waals surface area contributed by atoms with Crippen LogP contribution in [0.15, 0.2) is 12.1 Å². The summed E-state index contributed by atoms with van der Waals surface area (Å²) in [5.74, 6) is 1.00. The first-order valence-electron chi connectivity index (χ1n) is 6.93. The molecule has 0 amide bonds. The zero-order valence-electron chi connectivity index (χ0n) is 11.7. The van der Waals surface area contributed by atoms with Gasteiger partial charge < -0.3 is 15.2 Å². The van der Waals surface area contributed by atoms with E-state index in [9.17, 15) is 4.79 Å². The van der Waals surface area contributed by atoms with Crippen LogP contribution in [0.3, 0.4) is 0 Å². The Morgan fingerprint density at radius 3 is 2.70 bits per heavy atom. The van der Waals surface area contributed by atoms with Crippen LogP contribution < -0.4 is 15.2 Å². The van der Waals surface area contributed by atoms with Gasteiger partial charge in [0.1, 0.15) is 0 Å². The molecule has 0 spiro atoms. The molecule has 0 heterocycles. The minimum absolute atomic E-state index is 0.0340. The molecule has 0 atom stereocenters. The van der Waals surface area contributed by atoms with Crippen LogP contribution in [-0.4, -0.2) is 25.5 Å². The van der Waals surface area contributed by atoms with Crippen molar-refractivity contribution in [2.45, 2.75) is 38.2 Å². The summed E-state index contributed by atoms with van der Waals surface area (Å²) in [6, 6.07) is 3.32. The van der Waals surface area contributed by atoms with Crippen molar-refractivity contribution in [2.24, 2.45) is 5.73 Å². The number of ether oxygens (including phenoxy) is 2. The second-order valence-corrected chi connectivity index (χ2v) is 5.38. The van der Waals surface area contributed by atoms with E-state index >= 15 is 0 Å². The minimum Gasteiger partial charge on any atom is -0.491 e. The van der Waals surface area contributed by atoms with Gasteiger partial charge >= 0.3 is 0 Å². The highest BCUT2D eigenvalue weighted by Gasteiger charge is 2.21. The van der Waals surface area contributed by atoms with Crippen molar-refractivity contribution in [3.63, 3.8) is 0 Å². The van der Waals surface area contributed by atoms with Gasteiger partial charge in [0, 0.05) is 12.0 Å². The predicted molar refractivity (Wildman–Crippen MR) is 78.9 cm³/mol. The maximum absolute atomic E-state index is 12.0. The molecule has 0 unspecified atom stereocenters. The van der Waals surface area contributed by atoms with Crippen LogP contribution in [0.5, 0.6) is 11.5 Å². The molecular weight excluding hydrogens is 278 g/mol. The molecule has 4 nitrogen and oxygen atoms in total. The topological polar surface area (TPSA) is 61.5 Å². The number of benzene rings is 1. The quantitative estimate of drug-likeness (QED) is 0.819. The fraction of sp³-hybridized carbons (Fsp3) is 0.533. The molecule has 1 aromatic rings. The van der Waals surface area contributed by atoms with E-state index < -0.39 is 0 Å². The van der Waals surface area contributed by atoms with Crippen molar-refractivity contribution in [3.05, 3.63) is 22.7 Å². The average Bonchev–Trinajstić information content (AvgIpc) is 2.91. The number of hydrogen-bond donors (Lipinski definition) is 1. The first-order valence-corrected chi connectivity index (χ1v) is 7.31. The van der Waals surface area contributed by atoms with Crippen LogP contribution in [0.25, 0.3) is 0 Å². The number of hydrogen-bond acceptors (Lipinski definition) is 4. The lowest BCUT2D eigenvalue weighted by Crippen LogP contribution is -2.13. The van der Waals surface area contributed by atoms with E-state index in [-0.39, 0.29) is 11.9 Å². The molecule has 0 bridgehead atoms. The van der Waals surface area contributed by atoms with Crippen molar-refractivity contribution < 1.29 is 14.3 Å². The number of carbonyl (C=O) groups is 1. The molecule has 2 N–H and O–H groups in total. The highest BCUT2D eigenvalue weighted by Crippen LogP contribution is 2.38. The Morgan fingerprint density at radius 1 is 1.40 bits per heavy atom. The van der Waals surface area contributed by atoms with Crippen molar-refractivity contribution in [1.29, 1.82) is 0 Å². The van der Waals surface area contributed by atoms with Gasteiger partial charge in [0.15, 0.2) is 17.3 Å². The van der Waals surface area contributed by atoms with E-state index in [2.05, 4.69) is 0 Å². The molecule has 1 aliphatic rings. The minimum atomic E-state index is -0.0340. The summed E-state index contributed by atoms with van der Waals surface area (Å²) in [7, 11) is 1.55. The second kappa shape index (κ2) is 6.95. The van der Waals surface area contributed by atoms with Crippen LogP contribution in [0.4, 0.5) is 0 Å². The number of Topliss-reactive ketones (excluding diaryl/α,β-unsaturated/α-hetero) is 1. The Labute approximate surface area is 124 Å². The molecule has 2 rings (SSSR count). The van der Waals surface area contributed by atoms with Crippen LogP contribution in [0.1, 0.15) is 42.5 Å². The van der Waals surface area contributed by atoms with Gasteiger partial charge in [-0.25, -0.2) is 0 Å². The van der Waals surface area contributed by atoms with Gasteiger partial charge in [-0.3, -0.25) is 4.79 Å². The molecule has 0 aliphatic heterocycles. The molecule has 5 heteroatoms. The summed E-state index contributed by atoms with van der Waals surface area (Å²) in [4.78, 5) is 12.0. The van der Waals surface area contributed by atoms with Crippen LogP contribution in [-0.2, 0) is 0 Å². The standard InChI is InChI=1S/C15H20ClNO3/c1-19-15-12(16)8-10(13(18)6-7-17)9-14(15)20-11-4-2-3-5-11/h8-9,11H,2-7,17H2,1H3. The first kappa shape index (κ1) is 15.1. The third-order valence-electron chi connectivity index (χ3n) is 3.50. The smallest absolute Gasteiger partial charge is 0.179 e. The van der Waals surface area contributed by atoms with Gasteiger partial charge in [-0.05, 0) is 44.4 Å². The molecule has 1 saturated carbocycles. The molecule has 1 aromatic carbocycles. The lowest BCUT2D eigenvalue weighted by molar-refractivity contribution is 0.0984. The summed E-state index contributed by atoms with van der Waals surface area (Å²) in [5.41, 5.74) is 5.94.